The third kappa shape index (κ3) is 4.15. The lowest BCUT2D eigenvalue weighted by molar-refractivity contribution is -0.138. The molecule has 3 heterocycles. The molecule has 1 aromatic heterocycles. The summed E-state index contributed by atoms with van der Waals surface area (Å²) < 4.78 is 0. The van der Waals surface area contributed by atoms with E-state index in [0.29, 0.717) is 25.2 Å². The predicted octanol–water partition coefficient (Wildman–Crippen LogP) is 0.775. The number of likely N-dealkylation sites (tertiary alicyclic amines) is 1. The quantitative estimate of drug-likeness (QED) is 0.737. The van der Waals surface area contributed by atoms with Crippen LogP contribution in [0.1, 0.15) is 31.5 Å². The number of aromatic nitrogens is 3. The van der Waals surface area contributed by atoms with Gasteiger partial charge in [0.05, 0.1) is 6.10 Å². The van der Waals surface area contributed by atoms with Crippen molar-refractivity contribution >= 4 is 29.9 Å². The molecule has 3 N–H and O–H groups in total. The number of carbonyl (C=O) groups is 1. The van der Waals surface area contributed by atoms with Crippen molar-refractivity contribution in [2.24, 2.45) is 5.41 Å². The number of aliphatic hydroxyl groups excluding tert-OH is 1. The Balaban J connectivity index is 0.00000192. The maximum atomic E-state index is 12.4. The van der Waals surface area contributed by atoms with Crippen molar-refractivity contribution in [1.29, 1.82) is 0 Å². The minimum atomic E-state index is -0.322. The molecule has 2 aliphatic heterocycles. The molecule has 0 bridgehead atoms. The standard InChI is InChI=1S/C14H22ClN5O2.ClH/c15-13-17-11(18-19-13)2-3-12(22)20-7-1-5-14(9-20)8-16-6-4-10(14)21;/h10,16,21H,1-9H2,(H,17,18,19);1H/t10-,14-;/m0./s1. The number of H-pyrrole nitrogens is 1. The Labute approximate surface area is 146 Å². The number of nitrogens with zero attached hydrogens (tertiary/aromatic N) is 3. The molecule has 0 saturated carbocycles. The van der Waals surface area contributed by atoms with Gasteiger partial charge in [-0.15, -0.1) is 17.5 Å². The molecule has 1 amide bonds. The fourth-order valence-electron chi connectivity index (χ4n) is 3.56. The Hall–Kier alpha value is -0.890. The monoisotopic (exact) mass is 363 g/mol. The summed E-state index contributed by atoms with van der Waals surface area (Å²) >= 11 is 5.65. The third-order valence-electron chi connectivity index (χ3n) is 4.82. The molecule has 2 fully saturated rings. The molecule has 2 atom stereocenters. The fraction of sp³-hybridized carbons (Fsp3) is 0.786. The lowest BCUT2D eigenvalue weighted by atomic mass is 9.72. The van der Waals surface area contributed by atoms with Gasteiger partial charge < -0.3 is 15.3 Å². The number of nitrogens with one attached hydrogen (secondary N) is 2. The second-order valence-corrected chi connectivity index (χ2v) is 6.65. The molecule has 0 aromatic carbocycles. The van der Waals surface area contributed by atoms with Gasteiger partial charge in [-0.1, -0.05) is 0 Å². The normalized spacial score (nSPS) is 27.7. The van der Waals surface area contributed by atoms with Gasteiger partial charge in [0.2, 0.25) is 11.2 Å². The van der Waals surface area contributed by atoms with E-state index in [1.165, 1.54) is 0 Å². The zero-order valence-electron chi connectivity index (χ0n) is 12.9. The Bertz CT molecular complexity index is 537. The van der Waals surface area contributed by atoms with E-state index in [-0.39, 0.29) is 35.1 Å². The van der Waals surface area contributed by atoms with E-state index in [9.17, 15) is 9.90 Å². The van der Waals surface area contributed by atoms with Gasteiger partial charge in [-0.25, -0.2) is 4.98 Å². The minimum absolute atomic E-state index is 0. The molecule has 7 nitrogen and oxygen atoms in total. The van der Waals surface area contributed by atoms with Crippen LogP contribution < -0.4 is 5.32 Å². The number of aryl methyl sites for hydroxylation is 1. The van der Waals surface area contributed by atoms with Gasteiger partial charge in [-0.2, -0.15) is 0 Å². The van der Waals surface area contributed by atoms with E-state index >= 15 is 0 Å². The highest BCUT2D eigenvalue weighted by Gasteiger charge is 2.43. The van der Waals surface area contributed by atoms with Gasteiger partial charge in [-0.05, 0) is 37.4 Å². The molecular weight excluding hydrogens is 341 g/mol. The van der Waals surface area contributed by atoms with E-state index in [1.807, 2.05) is 4.90 Å². The van der Waals surface area contributed by atoms with Crippen LogP contribution in [0.2, 0.25) is 5.28 Å². The van der Waals surface area contributed by atoms with Gasteiger partial charge in [0, 0.05) is 37.9 Å². The van der Waals surface area contributed by atoms with E-state index in [1.54, 1.807) is 0 Å². The van der Waals surface area contributed by atoms with Crippen LogP contribution in [0.5, 0.6) is 0 Å². The Morgan fingerprint density at radius 1 is 1.52 bits per heavy atom. The van der Waals surface area contributed by atoms with Crippen molar-refractivity contribution < 1.29 is 9.90 Å². The van der Waals surface area contributed by atoms with Crippen molar-refractivity contribution in [2.45, 2.75) is 38.2 Å². The minimum Gasteiger partial charge on any atom is -0.392 e. The highest BCUT2D eigenvalue weighted by Crippen LogP contribution is 2.36. The summed E-state index contributed by atoms with van der Waals surface area (Å²) in [7, 11) is 0. The number of aliphatic hydroxyl groups is 1. The van der Waals surface area contributed by atoms with E-state index in [0.717, 1.165) is 38.9 Å². The van der Waals surface area contributed by atoms with E-state index in [4.69, 9.17) is 11.6 Å². The summed E-state index contributed by atoms with van der Waals surface area (Å²) in [5.41, 5.74) is -0.179. The van der Waals surface area contributed by atoms with Gasteiger partial charge >= 0.3 is 0 Å². The molecular formula is C14H23Cl2N5O2. The molecule has 2 aliphatic rings. The van der Waals surface area contributed by atoms with Gasteiger partial charge in [0.1, 0.15) is 5.82 Å². The smallest absolute Gasteiger partial charge is 0.242 e. The molecule has 9 heteroatoms. The van der Waals surface area contributed by atoms with Crippen LogP contribution in [0.15, 0.2) is 0 Å². The SMILES string of the molecule is Cl.O=C(CCc1nc(Cl)n[nH]1)N1CCC[C@]2(CNCC[C@@H]2O)C1. The topological polar surface area (TPSA) is 94.1 Å². The number of carbonyl (C=O) groups excluding carboxylic acids is 1. The maximum absolute atomic E-state index is 12.4. The van der Waals surface area contributed by atoms with Crippen LogP contribution in [0.4, 0.5) is 0 Å². The first kappa shape index (κ1) is 18.4. The van der Waals surface area contributed by atoms with Gasteiger partial charge in [-0.3, -0.25) is 9.89 Å². The molecule has 0 radical (unpaired) electrons. The Morgan fingerprint density at radius 3 is 3.04 bits per heavy atom. The number of rotatable bonds is 3. The number of halogens is 2. The highest BCUT2D eigenvalue weighted by molar-refractivity contribution is 6.28. The first-order chi connectivity index (χ1) is 10.6. The maximum Gasteiger partial charge on any atom is 0.242 e. The number of hydrogen-bond acceptors (Lipinski definition) is 5. The molecule has 23 heavy (non-hydrogen) atoms. The second kappa shape index (κ2) is 7.79. The van der Waals surface area contributed by atoms with Gasteiger partial charge in [0.25, 0.3) is 0 Å². The van der Waals surface area contributed by atoms with Crippen molar-refractivity contribution in [3.63, 3.8) is 0 Å². The third-order valence-corrected chi connectivity index (χ3v) is 4.99. The largest absolute Gasteiger partial charge is 0.392 e. The summed E-state index contributed by atoms with van der Waals surface area (Å²) in [5, 5.41) is 20.4. The average molecular weight is 364 g/mol. The predicted molar refractivity (Wildman–Crippen MR) is 88.7 cm³/mol. The Kier molecular flexibility index (Phi) is 6.25. The number of piperidine rings is 2. The van der Waals surface area contributed by atoms with Crippen LogP contribution in [0, 0.1) is 5.41 Å². The van der Waals surface area contributed by atoms with Crippen LogP contribution in [-0.2, 0) is 11.2 Å². The van der Waals surface area contributed by atoms with E-state index < -0.39 is 0 Å². The molecule has 130 valence electrons. The molecule has 1 aromatic rings. The van der Waals surface area contributed by atoms with Crippen molar-refractivity contribution in [1.82, 2.24) is 25.4 Å². The van der Waals surface area contributed by atoms with Crippen molar-refractivity contribution in [3.8, 4) is 0 Å². The zero-order valence-corrected chi connectivity index (χ0v) is 14.5. The average Bonchev–Trinajstić information content (AvgIpc) is 2.94. The highest BCUT2D eigenvalue weighted by atomic mass is 35.5. The molecule has 1 spiro atoms. The van der Waals surface area contributed by atoms with Crippen LogP contribution in [0.3, 0.4) is 0 Å². The summed E-state index contributed by atoms with van der Waals surface area (Å²) in [6, 6.07) is 0. The fourth-order valence-corrected chi connectivity index (χ4v) is 3.70. The first-order valence-electron chi connectivity index (χ1n) is 7.82. The molecule has 3 rings (SSSR count). The Morgan fingerprint density at radius 2 is 2.35 bits per heavy atom. The van der Waals surface area contributed by atoms with Crippen molar-refractivity contribution in [3.05, 3.63) is 11.1 Å². The lowest BCUT2D eigenvalue weighted by Gasteiger charge is -2.48. The summed E-state index contributed by atoms with van der Waals surface area (Å²) in [4.78, 5) is 18.3. The van der Waals surface area contributed by atoms with Crippen LogP contribution in [-0.4, -0.2) is 63.4 Å². The summed E-state index contributed by atoms with van der Waals surface area (Å²) in [6.45, 7) is 3.04. The van der Waals surface area contributed by atoms with Crippen LogP contribution in [0.25, 0.3) is 0 Å². The molecule has 2 saturated heterocycles. The number of amides is 1. The second-order valence-electron chi connectivity index (χ2n) is 6.31. The van der Waals surface area contributed by atoms with Crippen molar-refractivity contribution in [2.75, 3.05) is 26.2 Å². The van der Waals surface area contributed by atoms with Gasteiger partial charge in [0.15, 0.2) is 0 Å². The number of hydrogen-bond donors (Lipinski definition) is 3. The molecule has 0 aliphatic carbocycles. The van der Waals surface area contributed by atoms with E-state index in [2.05, 4.69) is 20.5 Å². The molecule has 0 unspecified atom stereocenters. The summed E-state index contributed by atoms with van der Waals surface area (Å²) in [5.74, 6) is 0.730. The van der Waals surface area contributed by atoms with Crippen LogP contribution >= 0.6 is 24.0 Å². The zero-order chi connectivity index (χ0) is 15.6. The summed E-state index contributed by atoms with van der Waals surface area (Å²) in [6.07, 6.45) is 3.24. The number of aromatic amines is 1. The lowest BCUT2D eigenvalue weighted by Crippen LogP contribution is -2.58. The first-order valence-corrected chi connectivity index (χ1v) is 8.20.